The summed E-state index contributed by atoms with van der Waals surface area (Å²) in [5.41, 5.74) is 0.942. The lowest BCUT2D eigenvalue weighted by atomic mass is 10.1. The maximum absolute atomic E-state index is 12.2. The van der Waals surface area contributed by atoms with Crippen LogP contribution in [0.1, 0.15) is 24.8 Å². The Kier molecular flexibility index (Phi) is 4.84. The van der Waals surface area contributed by atoms with Gasteiger partial charge in [-0.1, -0.05) is 24.1 Å². The first kappa shape index (κ1) is 14.8. The predicted octanol–water partition coefficient (Wildman–Crippen LogP) is 2.07. The molecule has 4 nitrogen and oxygen atoms in total. The number of hydrogen-bond donors (Lipinski definition) is 2. The van der Waals surface area contributed by atoms with Crippen LogP contribution >= 0.6 is 11.6 Å². The SMILES string of the molecule is Cc1ccc(S(=O)(=O)NCC2CCCCN2)c(Cl)c1. The minimum Gasteiger partial charge on any atom is -0.313 e. The van der Waals surface area contributed by atoms with Gasteiger partial charge in [0.1, 0.15) is 4.90 Å². The molecule has 2 N–H and O–H groups in total. The summed E-state index contributed by atoms with van der Waals surface area (Å²) in [6.07, 6.45) is 3.31. The molecule has 0 spiro atoms. The topological polar surface area (TPSA) is 58.2 Å². The molecule has 0 bridgehead atoms. The van der Waals surface area contributed by atoms with Gasteiger partial charge >= 0.3 is 0 Å². The number of rotatable bonds is 4. The Balaban J connectivity index is 2.05. The van der Waals surface area contributed by atoms with Crippen LogP contribution in [0.25, 0.3) is 0 Å². The Hall–Kier alpha value is -0.620. The van der Waals surface area contributed by atoms with Gasteiger partial charge in [0.15, 0.2) is 0 Å². The van der Waals surface area contributed by atoms with Gasteiger partial charge in [-0.15, -0.1) is 0 Å². The Morgan fingerprint density at radius 3 is 2.84 bits per heavy atom. The molecule has 1 atom stereocenters. The van der Waals surface area contributed by atoms with Gasteiger partial charge in [-0.25, -0.2) is 13.1 Å². The molecule has 0 aliphatic carbocycles. The Morgan fingerprint density at radius 2 is 2.21 bits per heavy atom. The summed E-state index contributed by atoms with van der Waals surface area (Å²) in [5, 5.41) is 3.57. The Bertz CT molecular complexity index is 540. The second-order valence-corrected chi connectivity index (χ2v) is 7.08. The van der Waals surface area contributed by atoms with Crippen molar-refractivity contribution in [2.45, 2.75) is 37.1 Å². The highest BCUT2D eigenvalue weighted by Crippen LogP contribution is 2.22. The van der Waals surface area contributed by atoms with E-state index >= 15 is 0 Å². The van der Waals surface area contributed by atoms with Gasteiger partial charge in [0, 0.05) is 12.6 Å². The van der Waals surface area contributed by atoms with Crippen LogP contribution < -0.4 is 10.0 Å². The smallest absolute Gasteiger partial charge is 0.242 e. The van der Waals surface area contributed by atoms with Gasteiger partial charge in [0.25, 0.3) is 0 Å². The van der Waals surface area contributed by atoms with Crippen LogP contribution in [0.5, 0.6) is 0 Å². The summed E-state index contributed by atoms with van der Waals surface area (Å²) in [5.74, 6) is 0. The van der Waals surface area contributed by atoms with Crippen molar-refractivity contribution in [3.8, 4) is 0 Å². The fourth-order valence-corrected chi connectivity index (χ4v) is 3.89. The Labute approximate surface area is 119 Å². The molecule has 0 saturated carbocycles. The van der Waals surface area contributed by atoms with Crippen LogP contribution in [0, 0.1) is 6.92 Å². The number of benzene rings is 1. The average molecular weight is 303 g/mol. The molecule has 0 aromatic heterocycles. The summed E-state index contributed by atoms with van der Waals surface area (Å²) in [6.45, 7) is 3.24. The maximum atomic E-state index is 12.2. The van der Waals surface area contributed by atoms with Crippen molar-refractivity contribution >= 4 is 21.6 Å². The van der Waals surface area contributed by atoms with Crippen LogP contribution in [0.3, 0.4) is 0 Å². The third-order valence-corrected chi connectivity index (χ3v) is 5.22. The maximum Gasteiger partial charge on any atom is 0.242 e. The molecule has 1 aromatic rings. The lowest BCUT2D eigenvalue weighted by Crippen LogP contribution is -2.43. The first-order valence-electron chi connectivity index (χ1n) is 6.48. The van der Waals surface area contributed by atoms with E-state index in [2.05, 4.69) is 10.0 Å². The molecule has 1 aromatic carbocycles. The molecule has 0 radical (unpaired) electrons. The van der Waals surface area contributed by atoms with E-state index in [1.807, 2.05) is 6.92 Å². The van der Waals surface area contributed by atoms with Crippen molar-refractivity contribution < 1.29 is 8.42 Å². The van der Waals surface area contributed by atoms with Gasteiger partial charge in [0.2, 0.25) is 10.0 Å². The summed E-state index contributed by atoms with van der Waals surface area (Å²) >= 11 is 6.00. The molecule has 1 unspecified atom stereocenters. The summed E-state index contributed by atoms with van der Waals surface area (Å²) < 4.78 is 27.0. The first-order chi connectivity index (χ1) is 8.99. The van der Waals surface area contributed by atoms with Gasteiger partial charge in [-0.3, -0.25) is 0 Å². The molecule has 1 fully saturated rings. The van der Waals surface area contributed by atoms with Crippen molar-refractivity contribution in [3.05, 3.63) is 28.8 Å². The fourth-order valence-electron chi connectivity index (χ4n) is 2.21. The molecule has 1 heterocycles. The number of aryl methyl sites for hydroxylation is 1. The normalized spacial score (nSPS) is 20.4. The number of halogens is 1. The van der Waals surface area contributed by atoms with E-state index in [0.29, 0.717) is 6.54 Å². The van der Waals surface area contributed by atoms with Crippen LogP contribution in [0.4, 0.5) is 0 Å². The predicted molar refractivity (Wildman–Crippen MR) is 77.0 cm³/mol. The van der Waals surface area contributed by atoms with Gasteiger partial charge in [-0.2, -0.15) is 0 Å². The van der Waals surface area contributed by atoms with E-state index in [1.54, 1.807) is 18.2 Å². The van der Waals surface area contributed by atoms with E-state index in [-0.39, 0.29) is 16.0 Å². The molecule has 6 heteroatoms. The van der Waals surface area contributed by atoms with Crippen LogP contribution in [0.15, 0.2) is 23.1 Å². The summed E-state index contributed by atoms with van der Waals surface area (Å²) in [7, 11) is -3.53. The standard InChI is InChI=1S/C13H19ClN2O2S/c1-10-5-6-13(12(14)8-10)19(17,18)16-9-11-4-2-3-7-15-11/h5-6,8,11,15-16H,2-4,7,9H2,1H3. The lowest BCUT2D eigenvalue weighted by Gasteiger charge is -2.23. The van der Waals surface area contributed by atoms with E-state index in [1.165, 1.54) is 0 Å². The molecule has 2 rings (SSSR count). The molecule has 1 saturated heterocycles. The summed E-state index contributed by atoms with van der Waals surface area (Å²) in [4.78, 5) is 0.149. The zero-order valence-electron chi connectivity index (χ0n) is 10.9. The van der Waals surface area contributed by atoms with Gasteiger partial charge in [-0.05, 0) is 44.0 Å². The van der Waals surface area contributed by atoms with E-state index in [0.717, 1.165) is 31.4 Å². The van der Waals surface area contributed by atoms with E-state index < -0.39 is 10.0 Å². The minimum absolute atomic E-state index is 0.149. The molecular formula is C13H19ClN2O2S. The highest BCUT2D eigenvalue weighted by molar-refractivity contribution is 7.89. The van der Waals surface area contributed by atoms with E-state index in [9.17, 15) is 8.42 Å². The van der Waals surface area contributed by atoms with Crippen molar-refractivity contribution in [2.24, 2.45) is 0 Å². The monoisotopic (exact) mass is 302 g/mol. The third kappa shape index (κ3) is 3.92. The van der Waals surface area contributed by atoms with Crippen LogP contribution in [0.2, 0.25) is 5.02 Å². The largest absolute Gasteiger partial charge is 0.313 e. The van der Waals surface area contributed by atoms with E-state index in [4.69, 9.17) is 11.6 Å². The molecule has 1 aliphatic heterocycles. The fraction of sp³-hybridized carbons (Fsp3) is 0.538. The Morgan fingerprint density at radius 1 is 1.42 bits per heavy atom. The third-order valence-electron chi connectivity index (χ3n) is 3.31. The molecule has 0 amide bonds. The zero-order valence-corrected chi connectivity index (χ0v) is 12.5. The number of hydrogen-bond acceptors (Lipinski definition) is 3. The second kappa shape index (κ2) is 6.22. The number of sulfonamides is 1. The zero-order chi connectivity index (χ0) is 13.9. The van der Waals surface area contributed by atoms with Gasteiger partial charge in [0.05, 0.1) is 5.02 Å². The van der Waals surface area contributed by atoms with Gasteiger partial charge < -0.3 is 5.32 Å². The highest BCUT2D eigenvalue weighted by Gasteiger charge is 2.20. The lowest BCUT2D eigenvalue weighted by molar-refractivity contribution is 0.398. The molecule has 19 heavy (non-hydrogen) atoms. The minimum atomic E-state index is -3.53. The molecule has 106 valence electrons. The van der Waals surface area contributed by atoms with Crippen molar-refractivity contribution in [3.63, 3.8) is 0 Å². The van der Waals surface area contributed by atoms with Crippen molar-refractivity contribution in [1.82, 2.24) is 10.0 Å². The van der Waals surface area contributed by atoms with Crippen molar-refractivity contribution in [2.75, 3.05) is 13.1 Å². The van der Waals surface area contributed by atoms with Crippen LogP contribution in [-0.2, 0) is 10.0 Å². The van der Waals surface area contributed by atoms with Crippen LogP contribution in [-0.4, -0.2) is 27.5 Å². The first-order valence-corrected chi connectivity index (χ1v) is 8.34. The second-order valence-electron chi connectivity index (χ2n) is 4.93. The quantitative estimate of drug-likeness (QED) is 0.895. The number of nitrogens with one attached hydrogen (secondary N) is 2. The van der Waals surface area contributed by atoms with Crippen molar-refractivity contribution in [1.29, 1.82) is 0 Å². The summed E-state index contributed by atoms with van der Waals surface area (Å²) in [6, 6.07) is 5.18. The molecular weight excluding hydrogens is 284 g/mol. The number of piperidine rings is 1. The highest BCUT2D eigenvalue weighted by atomic mass is 35.5. The average Bonchev–Trinajstić information content (AvgIpc) is 2.37. The molecule has 1 aliphatic rings.